The van der Waals surface area contributed by atoms with Gasteiger partial charge in [0.15, 0.2) is 0 Å². The molecule has 15 heavy (non-hydrogen) atoms. The zero-order chi connectivity index (χ0) is 10.7. The third kappa shape index (κ3) is 2.26. The summed E-state index contributed by atoms with van der Waals surface area (Å²) in [7, 11) is 0. The Morgan fingerprint density at radius 2 is 2.27 bits per heavy atom. The average molecular weight is 217 g/mol. The van der Waals surface area contributed by atoms with Gasteiger partial charge >= 0.3 is 0 Å². The molecule has 0 saturated carbocycles. The van der Waals surface area contributed by atoms with Crippen LogP contribution in [0.4, 0.5) is 5.69 Å². The molecule has 1 aliphatic heterocycles. The Morgan fingerprint density at radius 3 is 2.93 bits per heavy atom. The maximum atomic E-state index is 5.89. The summed E-state index contributed by atoms with van der Waals surface area (Å²) < 4.78 is 0. The molecule has 0 aromatic heterocycles. The first-order chi connectivity index (χ1) is 7.31. The van der Waals surface area contributed by atoms with E-state index in [9.17, 15) is 0 Å². The number of thioether (sulfide) groups is 1. The molecule has 0 unspecified atom stereocenters. The lowest BCUT2D eigenvalue weighted by atomic mass is 10.0. The van der Waals surface area contributed by atoms with E-state index in [1.165, 1.54) is 16.7 Å². The largest absolute Gasteiger partial charge is 0.399 e. The van der Waals surface area contributed by atoms with Gasteiger partial charge in [0.25, 0.3) is 0 Å². The van der Waals surface area contributed by atoms with Gasteiger partial charge in [-0.25, -0.2) is 0 Å². The Kier molecular flexibility index (Phi) is 3.17. The molecule has 0 amide bonds. The SMILES string of the molecule is CCc1cc(C2=CC=CSC2)ccc1N. The molecule has 0 aliphatic carbocycles. The molecule has 0 saturated heterocycles. The normalized spacial score (nSPS) is 15.1. The standard InChI is InChI=1S/C13H15NS/c1-2-10-8-11(5-6-13(10)14)12-4-3-7-15-9-12/h3-8H,2,9,14H2,1H3. The maximum absolute atomic E-state index is 5.89. The van der Waals surface area contributed by atoms with Crippen LogP contribution in [0.3, 0.4) is 0 Å². The third-order valence-corrected chi connectivity index (χ3v) is 3.43. The first kappa shape index (κ1) is 10.4. The second-order valence-corrected chi connectivity index (χ2v) is 4.49. The van der Waals surface area contributed by atoms with Crippen molar-refractivity contribution in [1.82, 2.24) is 0 Å². The van der Waals surface area contributed by atoms with Gasteiger partial charge in [0.05, 0.1) is 0 Å². The van der Waals surface area contributed by atoms with Crippen LogP contribution in [0, 0.1) is 0 Å². The molecule has 1 aliphatic rings. The molecule has 1 heterocycles. The predicted molar refractivity (Wildman–Crippen MR) is 69.8 cm³/mol. The smallest absolute Gasteiger partial charge is 0.0346 e. The Morgan fingerprint density at radius 1 is 1.40 bits per heavy atom. The van der Waals surface area contributed by atoms with Crippen molar-refractivity contribution in [3.8, 4) is 0 Å². The molecule has 1 aromatic carbocycles. The van der Waals surface area contributed by atoms with Crippen molar-refractivity contribution in [2.75, 3.05) is 11.5 Å². The second kappa shape index (κ2) is 4.58. The maximum Gasteiger partial charge on any atom is 0.0346 e. The lowest BCUT2D eigenvalue weighted by molar-refractivity contribution is 1.14. The van der Waals surface area contributed by atoms with Crippen molar-refractivity contribution >= 4 is 23.0 Å². The number of anilines is 1. The summed E-state index contributed by atoms with van der Waals surface area (Å²) in [6, 6.07) is 6.33. The van der Waals surface area contributed by atoms with Gasteiger partial charge in [0.1, 0.15) is 0 Å². The van der Waals surface area contributed by atoms with Gasteiger partial charge in [0, 0.05) is 11.4 Å². The molecule has 0 radical (unpaired) electrons. The Hall–Kier alpha value is -1.15. The van der Waals surface area contributed by atoms with Gasteiger partial charge in [-0.15, -0.1) is 11.8 Å². The van der Waals surface area contributed by atoms with Crippen molar-refractivity contribution in [3.63, 3.8) is 0 Å². The highest BCUT2D eigenvalue weighted by molar-refractivity contribution is 8.02. The molecular formula is C13H15NS. The number of allylic oxidation sites excluding steroid dienone is 2. The van der Waals surface area contributed by atoms with Crippen molar-refractivity contribution in [1.29, 1.82) is 0 Å². The fraction of sp³-hybridized carbons (Fsp3) is 0.231. The van der Waals surface area contributed by atoms with E-state index in [1.807, 2.05) is 17.8 Å². The van der Waals surface area contributed by atoms with Crippen LogP contribution in [0.25, 0.3) is 5.57 Å². The van der Waals surface area contributed by atoms with Crippen LogP contribution in [0.1, 0.15) is 18.1 Å². The molecule has 0 fully saturated rings. The monoisotopic (exact) mass is 217 g/mol. The van der Waals surface area contributed by atoms with Gasteiger partial charge in [-0.05, 0) is 40.7 Å². The van der Waals surface area contributed by atoms with Gasteiger partial charge in [-0.3, -0.25) is 0 Å². The van der Waals surface area contributed by atoms with Gasteiger partial charge in [0.2, 0.25) is 0 Å². The van der Waals surface area contributed by atoms with Crippen molar-refractivity contribution in [2.24, 2.45) is 0 Å². The number of rotatable bonds is 2. The van der Waals surface area contributed by atoms with Crippen LogP contribution >= 0.6 is 11.8 Å². The van der Waals surface area contributed by atoms with Crippen LogP contribution in [-0.4, -0.2) is 5.75 Å². The number of hydrogen-bond acceptors (Lipinski definition) is 2. The van der Waals surface area contributed by atoms with Gasteiger partial charge in [-0.1, -0.05) is 25.1 Å². The molecule has 0 atom stereocenters. The van der Waals surface area contributed by atoms with Crippen molar-refractivity contribution < 1.29 is 0 Å². The fourth-order valence-corrected chi connectivity index (χ4v) is 2.42. The first-order valence-corrected chi connectivity index (χ1v) is 6.22. The minimum atomic E-state index is 0.904. The lowest BCUT2D eigenvalue weighted by Crippen LogP contribution is -1.96. The van der Waals surface area contributed by atoms with Crippen LogP contribution in [0.2, 0.25) is 0 Å². The molecule has 2 N–H and O–H groups in total. The van der Waals surface area contributed by atoms with E-state index in [0.717, 1.165) is 17.9 Å². The first-order valence-electron chi connectivity index (χ1n) is 5.17. The molecular weight excluding hydrogens is 202 g/mol. The third-order valence-electron chi connectivity index (χ3n) is 2.61. The Bertz CT molecular complexity index is 419. The molecule has 0 spiro atoms. The summed E-state index contributed by atoms with van der Waals surface area (Å²) in [6.45, 7) is 2.14. The summed E-state index contributed by atoms with van der Waals surface area (Å²) >= 11 is 1.84. The van der Waals surface area contributed by atoms with Gasteiger partial charge < -0.3 is 5.73 Å². The highest BCUT2D eigenvalue weighted by Crippen LogP contribution is 2.26. The Balaban J connectivity index is 2.36. The van der Waals surface area contributed by atoms with E-state index in [1.54, 1.807) is 0 Å². The van der Waals surface area contributed by atoms with E-state index in [0.29, 0.717) is 0 Å². The highest BCUT2D eigenvalue weighted by atomic mass is 32.2. The van der Waals surface area contributed by atoms with E-state index in [2.05, 4.69) is 36.6 Å². The number of nitrogens with two attached hydrogens (primary N) is 1. The average Bonchev–Trinajstić information content (AvgIpc) is 2.31. The number of aryl methyl sites for hydroxylation is 1. The zero-order valence-electron chi connectivity index (χ0n) is 8.86. The number of benzene rings is 1. The van der Waals surface area contributed by atoms with Crippen LogP contribution in [0.15, 0.2) is 35.8 Å². The summed E-state index contributed by atoms with van der Waals surface area (Å²) in [6.07, 6.45) is 5.28. The zero-order valence-corrected chi connectivity index (χ0v) is 9.68. The van der Waals surface area contributed by atoms with Crippen molar-refractivity contribution in [2.45, 2.75) is 13.3 Å². The topological polar surface area (TPSA) is 26.0 Å². The van der Waals surface area contributed by atoms with Crippen LogP contribution in [0.5, 0.6) is 0 Å². The van der Waals surface area contributed by atoms with E-state index >= 15 is 0 Å². The number of nitrogen functional groups attached to an aromatic ring is 1. The van der Waals surface area contributed by atoms with Crippen LogP contribution < -0.4 is 5.73 Å². The van der Waals surface area contributed by atoms with E-state index in [-0.39, 0.29) is 0 Å². The van der Waals surface area contributed by atoms with Crippen LogP contribution in [-0.2, 0) is 6.42 Å². The minimum Gasteiger partial charge on any atom is -0.399 e. The Labute approximate surface area is 95.1 Å². The predicted octanol–water partition coefficient (Wildman–Crippen LogP) is 3.48. The van der Waals surface area contributed by atoms with Crippen molar-refractivity contribution in [3.05, 3.63) is 46.9 Å². The molecule has 1 nitrogen and oxygen atoms in total. The molecule has 2 heteroatoms. The molecule has 78 valence electrons. The van der Waals surface area contributed by atoms with E-state index in [4.69, 9.17) is 5.73 Å². The summed E-state index contributed by atoms with van der Waals surface area (Å²) in [5, 5.41) is 2.13. The second-order valence-electron chi connectivity index (χ2n) is 3.60. The number of hydrogen-bond donors (Lipinski definition) is 1. The van der Waals surface area contributed by atoms with E-state index < -0.39 is 0 Å². The fourth-order valence-electron chi connectivity index (χ4n) is 1.69. The van der Waals surface area contributed by atoms with Gasteiger partial charge in [-0.2, -0.15) is 0 Å². The summed E-state index contributed by atoms with van der Waals surface area (Å²) in [5.74, 6) is 1.06. The molecule has 0 bridgehead atoms. The molecule has 1 aromatic rings. The highest BCUT2D eigenvalue weighted by Gasteiger charge is 2.05. The lowest BCUT2D eigenvalue weighted by Gasteiger charge is -2.11. The summed E-state index contributed by atoms with van der Waals surface area (Å²) in [5.41, 5.74) is 10.7. The summed E-state index contributed by atoms with van der Waals surface area (Å²) in [4.78, 5) is 0. The quantitative estimate of drug-likeness (QED) is 0.768. The minimum absolute atomic E-state index is 0.904. The molecule has 2 rings (SSSR count).